The minimum Gasteiger partial charge on any atom is -0.495 e. The molecule has 0 fully saturated rings. The van der Waals surface area contributed by atoms with Crippen LogP contribution in [-0.4, -0.2) is 35.5 Å². The molecule has 146 valence electrons. The first-order valence-corrected chi connectivity index (χ1v) is 10.0. The topological polar surface area (TPSA) is 88.9 Å². The highest BCUT2D eigenvalue weighted by Gasteiger charge is 2.17. The van der Waals surface area contributed by atoms with E-state index in [1.165, 1.54) is 42.7 Å². The zero-order valence-corrected chi connectivity index (χ0v) is 16.8. The van der Waals surface area contributed by atoms with E-state index in [0.717, 1.165) is 12.1 Å². The summed E-state index contributed by atoms with van der Waals surface area (Å²) < 4.78 is 32.9. The Morgan fingerprint density at radius 1 is 1.07 bits per heavy atom. The Balaban J connectivity index is 2.13. The van der Waals surface area contributed by atoms with Crippen LogP contribution in [0.5, 0.6) is 5.75 Å². The Bertz CT molecular complexity index is 894. The number of ether oxygens (including phenoxy) is 1. The molecule has 2 aromatic rings. The Hall–Kier alpha value is -2.42. The van der Waals surface area contributed by atoms with E-state index in [-0.39, 0.29) is 17.3 Å². The highest BCUT2D eigenvalue weighted by atomic mass is 32.2. The highest BCUT2D eigenvalue weighted by molar-refractivity contribution is 7.89. The van der Waals surface area contributed by atoms with Gasteiger partial charge in [-0.3, -0.25) is 4.79 Å². The monoisotopic (exact) mass is 392 g/mol. The molecule has 7 nitrogen and oxygen atoms in total. The molecular formula is C19H26N3O4S+. The van der Waals surface area contributed by atoms with Gasteiger partial charge in [-0.1, -0.05) is 24.3 Å². The molecule has 0 heterocycles. The molecule has 2 aromatic carbocycles. The average molecular weight is 393 g/mol. The Labute approximate surface area is 160 Å². The van der Waals surface area contributed by atoms with Crippen molar-refractivity contribution >= 4 is 21.6 Å². The summed E-state index contributed by atoms with van der Waals surface area (Å²) in [6.45, 7) is 2.43. The van der Waals surface area contributed by atoms with Crippen molar-refractivity contribution in [3.05, 3.63) is 53.6 Å². The predicted molar refractivity (Wildman–Crippen MR) is 104 cm³/mol. The summed E-state index contributed by atoms with van der Waals surface area (Å²) >= 11 is 0. The number of anilines is 1. The van der Waals surface area contributed by atoms with Crippen LogP contribution in [-0.2, 0) is 27.9 Å². The first-order chi connectivity index (χ1) is 12.7. The van der Waals surface area contributed by atoms with Gasteiger partial charge in [-0.15, -0.1) is 0 Å². The van der Waals surface area contributed by atoms with Gasteiger partial charge in [0.2, 0.25) is 15.9 Å². The summed E-state index contributed by atoms with van der Waals surface area (Å²) in [6.07, 6.45) is 0. The molecule has 0 saturated heterocycles. The smallest absolute Gasteiger partial charge is 0.240 e. The lowest BCUT2D eigenvalue weighted by Crippen LogP contribution is -3.04. The summed E-state index contributed by atoms with van der Waals surface area (Å²) in [4.78, 5) is 12.7. The molecule has 0 aliphatic carbocycles. The highest BCUT2D eigenvalue weighted by Crippen LogP contribution is 2.27. The van der Waals surface area contributed by atoms with E-state index in [1.54, 1.807) is 0 Å². The van der Waals surface area contributed by atoms with Crippen molar-refractivity contribution in [3.8, 4) is 5.75 Å². The number of rotatable bonds is 8. The van der Waals surface area contributed by atoms with Gasteiger partial charge in [0.05, 0.1) is 31.8 Å². The van der Waals surface area contributed by atoms with Gasteiger partial charge in [-0.2, -0.15) is 0 Å². The van der Waals surface area contributed by atoms with Crippen molar-refractivity contribution in [2.45, 2.75) is 24.9 Å². The van der Waals surface area contributed by atoms with Crippen molar-refractivity contribution in [2.75, 3.05) is 26.5 Å². The molecule has 0 spiro atoms. The zero-order chi connectivity index (χ0) is 20.0. The van der Waals surface area contributed by atoms with Gasteiger partial charge in [0.1, 0.15) is 12.3 Å². The van der Waals surface area contributed by atoms with Crippen molar-refractivity contribution in [1.29, 1.82) is 0 Å². The number of hydrogen-bond donors (Lipinski definition) is 3. The van der Waals surface area contributed by atoms with Gasteiger partial charge in [-0.05, 0) is 23.8 Å². The van der Waals surface area contributed by atoms with Crippen LogP contribution in [0, 0.1) is 0 Å². The van der Waals surface area contributed by atoms with Gasteiger partial charge < -0.3 is 15.0 Å². The van der Waals surface area contributed by atoms with Crippen LogP contribution in [0.1, 0.15) is 18.1 Å². The maximum absolute atomic E-state index is 12.6. The van der Waals surface area contributed by atoms with Crippen LogP contribution >= 0.6 is 0 Å². The summed E-state index contributed by atoms with van der Waals surface area (Å²) in [5.74, 6) is 0.0817. The van der Waals surface area contributed by atoms with Crippen molar-refractivity contribution < 1.29 is 22.8 Å². The largest absolute Gasteiger partial charge is 0.495 e. The summed E-state index contributed by atoms with van der Waals surface area (Å²) in [5.41, 5.74) is 2.37. The summed E-state index contributed by atoms with van der Waals surface area (Å²) in [7, 11) is 1.87. The maximum atomic E-state index is 12.6. The molecule has 0 aromatic heterocycles. The van der Waals surface area contributed by atoms with Crippen molar-refractivity contribution in [1.82, 2.24) is 4.72 Å². The minimum atomic E-state index is -3.73. The fourth-order valence-electron chi connectivity index (χ4n) is 2.59. The normalized spacial score (nSPS) is 11.4. The number of hydrogen-bond acceptors (Lipinski definition) is 4. The van der Waals surface area contributed by atoms with Gasteiger partial charge >= 0.3 is 0 Å². The van der Waals surface area contributed by atoms with Gasteiger partial charge in [0, 0.05) is 19.0 Å². The van der Waals surface area contributed by atoms with Crippen molar-refractivity contribution in [2.24, 2.45) is 0 Å². The molecule has 1 amide bonds. The number of methoxy groups -OCH3 is 1. The standard InChI is InChI=1S/C19H25N3O4S/c1-14(23)21-18-11-17(9-10-19(18)26-4)27(24,25)20-12-15-5-7-16(8-6-15)13-22(2)3/h5-11,20H,12-13H2,1-4H3,(H,21,23)/p+1. The van der Waals surface area contributed by atoms with Crippen LogP contribution in [0.4, 0.5) is 5.69 Å². The third-order valence-corrected chi connectivity index (χ3v) is 5.24. The first kappa shape index (κ1) is 20.9. The average Bonchev–Trinajstić information content (AvgIpc) is 2.60. The van der Waals surface area contributed by atoms with Crippen molar-refractivity contribution in [3.63, 3.8) is 0 Å². The number of carbonyl (C=O) groups is 1. The van der Waals surface area contributed by atoms with Crippen LogP contribution in [0.3, 0.4) is 0 Å². The summed E-state index contributed by atoms with van der Waals surface area (Å²) in [5, 5.41) is 2.57. The molecule has 0 atom stereocenters. The fraction of sp³-hybridized carbons (Fsp3) is 0.316. The number of benzene rings is 2. The Kier molecular flexibility index (Phi) is 6.95. The lowest BCUT2D eigenvalue weighted by Gasteiger charge is -2.12. The molecule has 3 N–H and O–H groups in total. The second kappa shape index (κ2) is 8.98. The van der Waals surface area contributed by atoms with E-state index >= 15 is 0 Å². The Morgan fingerprint density at radius 3 is 2.26 bits per heavy atom. The van der Waals surface area contributed by atoms with Crippen LogP contribution < -0.4 is 19.7 Å². The second-order valence-corrected chi connectivity index (χ2v) is 8.34. The molecule has 0 unspecified atom stereocenters. The first-order valence-electron chi connectivity index (χ1n) is 8.53. The number of quaternary nitrogens is 1. The zero-order valence-electron chi connectivity index (χ0n) is 16.0. The molecule has 0 aliphatic heterocycles. The molecule has 0 bridgehead atoms. The van der Waals surface area contributed by atoms with E-state index in [4.69, 9.17) is 4.74 Å². The second-order valence-electron chi connectivity index (χ2n) is 6.57. The third-order valence-electron chi connectivity index (χ3n) is 3.84. The maximum Gasteiger partial charge on any atom is 0.240 e. The molecule has 27 heavy (non-hydrogen) atoms. The van der Waals surface area contributed by atoms with Crippen LogP contribution in [0.25, 0.3) is 0 Å². The van der Waals surface area contributed by atoms with E-state index < -0.39 is 10.0 Å². The molecular weight excluding hydrogens is 366 g/mol. The number of sulfonamides is 1. The fourth-order valence-corrected chi connectivity index (χ4v) is 3.63. The molecule has 0 saturated carbocycles. The molecule has 0 aliphatic rings. The quantitative estimate of drug-likeness (QED) is 0.619. The van der Waals surface area contributed by atoms with Gasteiger partial charge in [-0.25, -0.2) is 13.1 Å². The lowest BCUT2D eigenvalue weighted by atomic mass is 10.1. The van der Waals surface area contributed by atoms with Crippen LogP contribution in [0.2, 0.25) is 0 Å². The lowest BCUT2D eigenvalue weighted by molar-refractivity contribution is -0.872. The number of amides is 1. The molecule has 0 radical (unpaired) electrons. The third kappa shape index (κ3) is 6.06. The summed E-state index contributed by atoms with van der Waals surface area (Å²) in [6, 6.07) is 12.2. The molecule has 8 heteroatoms. The van der Waals surface area contributed by atoms with Gasteiger partial charge in [0.25, 0.3) is 0 Å². The minimum absolute atomic E-state index is 0.0554. The predicted octanol–water partition coefficient (Wildman–Crippen LogP) is 0.777. The number of nitrogens with one attached hydrogen (secondary N) is 3. The van der Waals surface area contributed by atoms with E-state index in [1.807, 2.05) is 24.3 Å². The van der Waals surface area contributed by atoms with E-state index in [2.05, 4.69) is 24.1 Å². The number of carbonyl (C=O) groups excluding carboxylic acids is 1. The Morgan fingerprint density at radius 2 is 1.70 bits per heavy atom. The van der Waals surface area contributed by atoms with Crippen LogP contribution in [0.15, 0.2) is 47.4 Å². The van der Waals surface area contributed by atoms with E-state index in [9.17, 15) is 13.2 Å². The molecule has 2 rings (SSSR count). The van der Waals surface area contributed by atoms with Gasteiger partial charge in [0.15, 0.2) is 0 Å². The van der Waals surface area contributed by atoms with E-state index in [0.29, 0.717) is 11.4 Å². The SMILES string of the molecule is COc1ccc(S(=O)(=O)NCc2ccc(C[NH+](C)C)cc2)cc1NC(C)=O.